The number of benzene rings is 2. The maximum atomic E-state index is 13.1. The second-order valence-electron chi connectivity index (χ2n) is 4.76. The normalized spacial score (nSPS) is 12.4. The van der Waals surface area contributed by atoms with E-state index in [4.69, 9.17) is 34.8 Å². The zero-order valence-electron chi connectivity index (χ0n) is 11.5. The van der Waals surface area contributed by atoms with Crippen molar-refractivity contribution in [1.82, 2.24) is 5.32 Å². The molecule has 1 nitrogen and oxygen atoms in total. The van der Waals surface area contributed by atoms with Gasteiger partial charge in [-0.15, -0.1) is 0 Å². The number of hydrogen-bond donors (Lipinski definition) is 1. The molecule has 0 bridgehead atoms. The lowest BCUT2D eigenvalue weighted by Crippen LogP contribution is -2.20. The van der Waals surface area contributed by atoms with Gasteiger partial charge in [0.25, 0.3) is 0 Å². The van der Waals surface area contributed by atoms with Gasteiger partial charge in [0, 0.05) is 12.6 Å². The molecule has 0 fully saturated rings. The molecule has 0 aliphatic heterocycles. The molecule has 1 N–H and O–H groups in total. The molecule has 0 amide bonds. The lowest BCUT2D eigenvalue weighted by atomic mass is 10.0. The predicted molar refractivity (Wildman–Crippen MR) is 87.7 cm³/mol. The highest BCUT2D eigenvalue weighted by Crippen LogP contribution is 2.27. The first-order chi connectivity index (χ1) is 10.0. The maximum absolute atomic E-state index is 13.1. The van der Waals surface area contributed by atoms with Gasteiger partial charge in [-0.2, -0.15) is 0 Å². The summed E-state index contributed by atoms with van der Waals surface area (Å²) in [5, 5.41) is 4.63. The Morgan fingerprint density at radius 1 is 1.00 bits per heavy atom. The molecule has 0 saturated heterocycles. The predicted octanol–water partition coefficient (Wildman–Crippen LogP) is 6.03. The molecule has 0 aliphatic carbocycles. The number of halogens is 4. The second kappa shape index (κ2) is 7.46. The zero-order valence-corrected chi connectivity index (χ0v) is 13.7. The highest BCUT2D eigenvalue weighted by molar-refractivity contribution is 6.42. The van der Waals surface area contributed by atoms with Gasteiger partial charge in [0.1, 0.15) is 5.82 Å². The summed E-state index contributed by atoms with van der Waals surface area (Å²) in [7, 11) is 0. The Labute approximate surface area is 139 Å². The van der Waals surface area contributed by atoms with Crippen LogP contribution in [0.1, 0.15) is 30.5 Å². The van der Waals surface area contributed by atoms with Gasteiger partial charge in [-0.05, 0) is 41.8 Å². The van der Waals surface area contributed by atoms with E-state index in [-0.39, 0.29) is 11.1 Å². The number of rotatable bonds is 5. The summed E-state index contributed by atoms with van der Waals surface area (Å²) in [5.74, 6) is -0.406. The summed E-state index contributed by atoms with van der Waals surface area (Å²) in [6.07, 6.45) is 0.896. The van der Waals surface area contributed by atoms with Crippen LogP contribution in [-0.2, 0) is 6.54 Å². The smallest absolute Gasteiger partial charge is 0.141 e. The van der Waals surface area contributed by atoms with E-state index in [2.05, 4.69) is 12.2 Å². The van der Waals surface area contributed by atoms with Crippen molar-refractivity contribution < 1.29 is 4.39 Å². The Kier molecular flexibility index (Phi) is 5.88. The molecule has 0 heterocycles. The summed E-state index contributed by atoms with van der Waals surface area (Å²) < 4.78 is 13.1. The first-order valence-electron chi connectivity index (χ1n) is 6.63. The fraction of sp³-hybridized carbons (Fsp3) is 0.250. The molecule has 2 aromatic rings. The van der Waals surface area contributed by atoms with Gasteiger partial charge >= 0.3 is 0 Å². The van der Waals surface area contributed by atoms with Gasteiger partial charge in [-0.25, -0.2) is 4.39 Å². The van der Waals surface area contributed by atoms with Gasteiger partial charge in [-0.3, -0.25) is 0 Å². The lowest BCUT2D eigenvalue weighted by molar-refractivity contribution is 0.518. The average Bonchev–Trinajstić information content (AvgIpc) is 2.47. The van der Waals surface area contributed by atoms with E-state index in [0.717, 1.165) is 17.5 Å². The van der Waals surface area contributed by atoms with Gasteiger partial charge in [-0.1, -0.05) is 53.9 Å². The third kappa shape index (κ3) is 4.33. The molecule has 2 aromatic carbocycles. The standard InChI is InChI=1S/C16H15Cl3FN/c1-2-16(11-4-5-12(17)13(18)8-11)21-9-10-3-6-15(20)14(19)7-10/h3-8,16,21H,2,9H2,1H3. The van der Waals surface area contributed by atoms with Crippen molar-refractivity contribution in [3.63, 3.8) is 0 Å². The quantitative estimate of drug-likeness (QED) is 0.697. The van der Waals surface area contributed by atoms with Crippen LogP contribution >= 0.6 is 34.8 Å². The first-order valence-corrected chi connectivity index (χ1v) is 7.77. The molecular weight excluding hydrogens is 332 g/mol. The summed E-state index contributed by atoms with van der Waals surface area (Å²) in [4.78, 5) is 0. The number of hydrogen-bond acceptors (Lipinski definition) is 1. The third-order valence-electron chi connectivity index (χ3n) is 3.29. The zero-order chi connectivity index (χ0) is 15.4. The molecule has 1 unspecified atom stereocenters. The van der Waals surface area contributed by atoms with E-state index in [0.29, 0.717) is 16.6 Å². The summed E-state index contributed by atoms with van der Waals surface area (Å²) >= 11 is 17.8. The minimum atomic E-state index is -0.406. The van der Waals surface area contributed by atoms with E-state index in [9.17, 15) is 4.39 Å². The lowest BCUT2D eigenvalue weighted by Gasteiger charge is -2.18. The topological polar surface area (TPSA) is 12.0 Å². The van der Waals surface area contributed by atoms with Crippen LogP contribution in [0.15, 0.2) is 36.4 Å². The largest absolute Gasteiger partial charge is 0.306 e. The van der Waals surface area contributed by atoms with Gasteiger partial charge < -0.3 is 5.32 Å². The van der Waals surface area contributed by atoms with E-state index in [1.54, 1.807) is 18.2 Å². The Bertz CT molecular complexity index is 631. The number of nitrogens with one attached hydrogen (secondary N) is 1. The fourth-order valence-electron chi connectivity index (χ4n) is 2.12. The van der Waals surface area contributed by atoms with Crippen molar-refractivity contribution in [3.05, 3.63) is 68.4 Å². The maximum Gasteiger partial charge on any atom is 0.141 e. The van der Waals surface area contributed by atoms with Crippen LogP contribution in [0.4, 0.5) is 4.39 Å². The van der Waals surface area contributed by atoms with Crippen LogP contribution < -0.4 is 5.32 Å². The van der Waals surface area contributed by atoms with Crippen molar-refractivity contribution in [2.45, 2.75) is 25.9 Å². The van der Waals surface area contributed by atoms with Gasteiger partial charge in [0.15, 0.2) is 0 Å². The Morgan fingerprint density at radius 2 is 1.76 bits per heavy atom. The van der Waals surface area contributed by atoms with E-state index in [1.165, 1.54) is 6.07 Å². The van der Waals surface area contributed by atoms with Crippen LogP contribution in [0.5, 0.6) is 0 Å². The Hall–Kier alpha value is -0.800. The van der Waals surface area contributed by atoms with Crippen LogP contribution in [0.2, 0.25) is 15.1 Å². The highest BCUT2D eigenvalue weighted by Gasteiger charge is 2.11. The summed E-state index contributed by atoms with van der Waals surface area (Å²) in [5.41, 5.74) is 2.00. The van der Waals surface area contributed by atoms with Gasteiger partial charge in [0.05, 0.1) is 15.1 Å². The molecule has 2 rings (SSSR count). The molecule has 0 radical (unpaired) electrons. The summed E-state index contributed by atoms with van der Waals surface area (Å²) in [6, 6.07) is 10.5. The summed E-state index contributed by atoms with van der Waals surface area (Å²) in [6.45, 7) is 2.68. The molecule has 0 aromatic heterocycles. The minimum Gasteiger partial charge on any atom is -0.306 e. The average molecular weight is 347 g/mol. The SMILES string of the molecule is CCC(NCc1ccc(F)c(Cl)c1)c1ccc(Cl)c(Cl)c1. The molecule has 0 saturated carbocycles. The first kappa shape index (κ1) is 16.6. The Morgan fingerprint density at radius 3 is 2.38 bits per heavy atom. The fourth-order valence-corrected chi connectivity index (χ4v) is 2.63. The highest BCUT2D eigenvalue weighted by atomic mass is 35.5. The van der Waals surface area contributed by atoms with Crippen molar-refractivity contribution in [1.29, 1.82) is 0 Å². The molecule has 1 atom stereocenters. The van der Waals surface area contributed by atoms with E-state index < -0.39 is 5.82 Å². The van der Waals surface area contributed by atoms with Crippen LogP contribution in [-0.4, -0.2) is 0 Å². The molecule has 0 spiro atoms. The molecule has 5 heteroatoms. The molecule has 21 heavy (non-hydrogen) atoms. The van der Waals surface area contributed by atoms with Crippen molar-refractivity contribution >= 4 is 34.8 Å². The van der Waals surface area contributed by atoms with Crippen molar-refractivity contribution in [3.8, 4) is 0 Å². The van der Waals surface area contributed by atoms with Crippen molar-refractivity contribution in [2.24, 2.45) is 0 Å². The minimum absolute atomic E-state index is 0.136. The molecular formula is C16H15Cl3FN. The Balaban J connectivity index is 2.08. The van der Waals surface area contributed by atoms with E-state index >= 15 is 0 Å². The van der Waals surface area contributed by atoms with Crippen LogP contribution in [0.25, 0.3) is 0 Å². The van der Waals surface area contributed by atoms with Crippen LogP contribution in [0.3, 0.4) is 0 Å². The third-order valence-corrected chi connectivity index (χ3v) is 4.32. The van der Waals surface area contributed by atoms with Gasteiger partial charge in [0.2, 0.25) is 0 Å². The molecule has 112 valence electrons. The van der Waals surface area contributed by atoms with Crippen molar-refractivity contribution in [2.75, 3.05) is 0 Å². The van der Waals surface area contributed by atoms with Crippen LogP contribution in [0, 0.1) is 5.82 Å². The van der Waals surface area contributed by atoms with E-state index in [1.807, 2.05) is 12.1 Å². The molecule has 0 aliphatic rings. The monoisotopic (exact) mass is 345 g/mol. The second-order valence-corrected chi connectivity index (χ2v) is 5.99.